The molecule has 5 nitrogen and oxygen atoms in total. The average molecular weight is 354 g/mol. The van der Waals surface area contributed by atoms with Crippen LogP contribution in [-0.4, -0.2) is 15.6 Å². The maximum absolute atomic E-state index is 12.4. The molecular formula is C19H16ClN3O2. The Morgan fingerprint density at radius 3 is 2.72 bits per heavy atom. The van der Waals surface area contributed by atoms with E-state index in [0.717, 1.165) is 39.8 Å². The molecule has 4 rings (SSSR count). The van der Waals surface area contributed by atoms with Crippen LogP contribution in [0.4, 0.5) is 5.69 Å². The molecule has 1 aliphatic rings. The largest absolute Gasteiger partial charge is 0.360 e. The number of aryl methyl sites for hydroxylation is 2. The summed E-state index contributed by atoms with van der Waals surface area (Å²) in [7, 11) is 0. The fourth-order valence-corrected chi connectivity index (χ4v) is 3.38. The van der Waals surface area contributed by atoms with Gasteiger partial charge in [0.1, 0.15) is 5.76 Å². The molecule has 0 spiro atoms. The van der Waals surface area contributed by atoms with Crippen LogP contribution in [0.2, 0.25) is 5.02 Å². The first kappa shape index (κ1) is 15.7. The van der Waals surface area contributed by atoms with E-state index in [1.807, 2.05) is 49.6 Å². The summed E-state index contributed by atoms with van der Waals surface area (Å²) >= 11 is 6.01. The zero-order chi connectivity index (χ0) is 17.7. The Morgan fingerprint density at radius 2 is 2.00 bits per heavy atom. The van der Waals surface area contributed by atoms with Crippen LogP contribution in [0.3, 0.4) is 0 Å². The van der Waals surface area contributed by atoms with Crippen molar-refractivity contribution in [3.63, 3.8) is 0 Å². The van der Waals surface area contributed by atoms with Crippen molar-refractivity contribution in [1.29, 1.82) is 0 Å². The van der Waals surface area contributed by atoms with E-state index in [0.29, 0.717) is 10.6 Å². The molecule has 0 fully saturated rings. The van der Waals surface area contributed by atoms with Crippen LogP contribution < -0.4 is 5.32 Å². The van der Waals surface area contributed by atoms with Gasteiger partial charge in [-0.3, -0.25) is 9.36 Å². The lowest BCUT2D eigenvalue weighted by Crippen LogP contribution is -2.03. The van der Waals surface area contributed by atoms with E-state index in [4.69, 9.17) is 16.1 Å². The Bertz CT molecular complexity index is 1040. The molecule has 2 aromatic heterocycles. The van der Waals surface area contributed by atoms with Gasteiger partial charge in [-0.15, -0.1) is 0 Å². The molecule has 3 aromatic rings. The second kappa shape index (κ2) is 5.63. The highest BCUT2D eigenvalue weighted by Gasteiger charge is 2.25. The molecule has 1 aliphatic heterocycles. The summed E-state index contributed by atoms with van der Waals surface area (Å²) in [4.78, 5) is 12.4. The SMILES string of the molecule is Cc1cc(-n2c(C)cc(C=C3C(=O)Nc4cc(Cl)ccc43)c2C)no1. The number of fused-ring (bicyclic) bond motifs is 1. The maximum Gasteiger partial charge on any atom is 0.256 e. The number of carbonyl (C=O) groups excluding carboxylic acids is 1. The first-order valence-electron chi connectivity index (χ1n) is 7.89. The third-order valence-corrected chi connectivity index (χ3v) is 4.61. The number of benzene rings is 1. The van der Waals surface area contributed by atoms with E-state index in [2.05, 4.69) is 10.5 Å². The molecule has 0 atom stereocenters. The molecule has 6 heteroatoms. The standard InChI is InChI=1S/C19H16ClN3O2/c1-10-6-13(12(3)23(10)18-7-11(2)25-22-18)8-16-15-5-4-14(20)9-17(15)21-19(16)24/h4-9H,1-3H3,(H,21,24). The molecule has 0 saturated heterocycles. The highest BCUT2D eigenvalue weighted by Crippen LogP contribution is 2.35. The van der Waals surface area contributed by atoms with Gasteiger partial charge in [0.25, 0.3) is 5.91 Å². The second-order valence-corrected chi connectivity index (χ2v) is 6.60. The van der Waals surface area contributed by atoms with E-state index >= 15 is 0 Å². The van der Waals surface area contributed by atoms with Crippen molar-refractivity contribution in [3.8, 4) is 5.82 Å². The summed E-state index contributed by atoms with van der Waals surface area (Å²) < 4.78 is 7.20. The van der Waals surface area contributed by atoms with Crippen molar-refractivity contribution in [2.24, 2.45) is 0 Å². The summed E-state index contributed by atoms with van der Waals surface area (Å²) in [6.45, 7) is 5.86. The fraction of sp³-hybridized carbons (Fsp3) is 0.158. The number of hydrogen-bond donors (Lipinski definition) is 1. The highest BCUT2D eigenvalue weighted by atomic mass is 35.5. The Hall–Kier alpha value is -2.79. The summed E-state index contributed by atoms with van der Waals surface area (Å²) in [5, 5.41) is 7.54. The van der Waals surface area contributed by atoms with Crippen LogP contribution in [0.15, 0.2) is 34.9 Å². The zero-order valence-electron chi connectivity index (χ0n) is 14.1. The van der Waals surface area contributed by atoms with E-state index in [1.54, 1.807) is 12.1 Å². The smallest absolute Gasteiger partial charge is 0.256 e. The number of amides is 1. The van der Waals surface area contributed by atoms with Crippen molar-refractivity contribution >= 4 is 34.8 Å². The van der Waals surface area contributed by atoms with Crippen LogP contribution in [-0.2, 0) is 4.79 Å². The molecule has 0 unspecified atom stereocenters. The van der Waals surface area contributed by atoms with Crippen LogP contribution in [0.1, 0.15) is 28.3 Å². The monoisotopic (exact) mass is 353 g/mol. The Labute approximate surface area is 149 Å². The van der Waals surface area contributed by atoms with Gasteiger partial charge in [-0.05, 0) is 50.6 Å². The predicted molar refractivity (Wildman–Crippen MR) is 98.0 cm³/mol. The Kier molecular flexibility index (Phi) is 3.54. The summed E-state index contributed by atoms with van der Waals surface area (Å²) in [5.74, 6) is 1.36. The lowest BCUT2D eigenvalue weighted by molar-refractivity contribution is -0.110. The van der Waals surface area contributed by atoms with Crippen molar-refractivity contribution in [2.45, 2.75) is 20.8 Å². The molecule has 0 saturated carbocycles. The topological polar surface area (TPSA) is 60.1 Å². The van der Waals surface area contributed by atoms with Gasteiger partial charge < -0.3 is 9.84 Å². The number of aromatic nitrogens is 2. The van der Waals surface area contributed by atoms with Gasteiger partial charge in [-0.1, -0.05) is 22.8 Å². The molecular weight excluding hydrogens is 338 g/mol. The fourth-order valence-electron chi connectivity index (χ4n) is 3.21. The third-order valence-electron chi connectivity index (χ3n) is 4.38. The first-order chi connectivity index (χ1) is 11.9. The molecule has 1 N–H and O–H groups in total. The minimum absolute atomic E-state index is 0.126. The van der Waals surface area contributed by atoms with Crippen molar-refractivity contribution < 1.29 is 9.32 Å². The number of hydrogen-bond acceptors (Lipinski definition) is 3. The van der Waals surface area contributed by atoms with Gasteiger partial charge in [0.2, 0.25) is 0 Å². The minimum Gasteiger partial charge on any atom is -0.360 e. The minimum atomic E-state index is -0.126. The number of rotatable bonds is 2. The summed E-state index contributed by atoms with van der Waals surface area (Å²) in [5.41, 5.74) is 5.21. The van der Waals surface area contributed by atoms with Gasteiger partial charge in [0.15, 0.2) is 5.82 Å². The van der Waals surface area contributed by atoms with Crippen molar-refractivity contribution in [2.75, 3.05) is 5.32 Å². The quantitative estimate of drug-likeness (QED) is 0.688. The lowest BCUT2D eigenvalue weighted by atomic mass is 10.0. The third kappa shape index (κ3) is 2.57. The van der Waals surface area contributed by atoms with Crippen LogP contribution >= 0.6 is 11.6 Å². The normalized spacial score (nSPS) is 14.9. The molecule has 0 bridgehead atoms. The van der Waals surface area contributed by atoms with Gasteiger partial charge in [-0.25, -0.2) is 0 Å². The van der Waals surface area contributed by atoms with Crippen LogP contribution in [0.25, 0.3) is 17.5 Å². The highest BCUT2D eigenvalue weighted by molar-refractivity contribution is 6.36. The van der Waals surface area contributed by atoms with Gasteiger partial charge >= 0.3 is 0 Å². The molecule has 3 heterocycles. The Morgan fingerprint density at radius 1 is 1.20 bits per heavy atom. The number of nitrogens with one attached hydrogen (secondary N) is 1. The van der Waals surface area contributed by atoms with E-state index < -0.39 is 0 Å². The molecule has 126 valence electrons. The second-order valence-electron chi connectivity index (χ2n) is 6.16. The van der Waals surface area contributed by atoms with E-state index in [1.165, 1.54) is 0 Å². The molecule has 1 amide bonds. The number of nitrogens with zero attached hydrogens (tertiary/aromatic N) is 2. The number of anilines is 1. The van der Waals surface area contributed by atoms with E-state index in [9.17, 15) is 4.79 Å². The Balaban J connectivity index is 1.82. The van der Waals surface area contributed by atoms with Crippen LogP contribution in [0, 0.1) is 20.8 Å². The number of halogens is 1. The van der Waals surface area contributed by atoms with Crippen LogP contribution in [0.5, 0.6) is 0 Å². The summed E-state index contributed by atoms with van der Waals surface area (Å²) in [6, 6.07) is 9.33. The number of carbonyl (C=O) groups is 1. The van der Waals surface area contributed by atoms with Crippen molar-refractivity contribution in [1.82, 2.24) is 9.72 Å². The van der Waals surface area contributed by atoms with Gasteiger partial charge in [0.05, 0.1) is 5.69 Å². The molecule has 25 heavy (non-hydrogen) atoms. The van der Waals surface area contributed by atoms with Gasteiger partial charge in [0, 0.05) is 33.6 Å². The maximum atomic E-state index is 12.4. The molecule has 0 aliphatic carbocycles. The zero-order valence-corrected chi connectivity index (χ0v) is 14.8. The average Bonchev–Trinajstić information content (AvgIpc) is 3.18. The predicted octanol–water partition coefficient (Wildman–Crippen LogP) is 4.54. The molecule has 1 aromatic carbocycles. The van der Waals surface area contributed by atoms with E-state index in [-0.39, 0.29) is 5.91 Å². The lowest BCUT2D eigenvalue weighted by Gasteiger charge is -2.04. The summed E-state index contributed by atoms with van der Waals surface area (Å²) in [6.07, 6.45) is 1.90. The van der Waals surface area contributed by atoms with Crippen molar-refractivity contribution in [3.05, 3.63) is 63.6 Å². The first-order valence-corrected chi connectivity index (χ1v) is 8.27. The molecule has 0 radical (unpaired) electrons. The van der Waals surface area contributed by atoms with Gasteiger partial charge in [-0.2, -0.15) is 0 Å².